The zero-order valence-corrected chi connectivity index (χ0v) is 11.5. The van der Waals surface area contributed by atoms with Crippen LogP contribution in [0.15, 0.2) is 29.5 Å². The van der Waals surface area contributed by atoms with Crippen molar-refractivity contribution in [1.29, 1.82) is 0 Å². The van der Waals surface area contributed by atoms with Crippen molar-refractivity contribution in [2.75, 3.05) is 0 Å². The van der Waals surface area contributed by atoms with Crippen LogP contribution in [0.2, 0.25) is 0 Å². The minimum Gasteiger partial charge on any atom is -0.304 e. The summed E-state index contributed by atoms with van der Waals surface area (Å²) in [5.74, 6) is -0.763. The number of pyridine rings is 1. The highest BCUT2D eigenvalue weighted by atomic mass is 19.4. The summed E-state index contributed by atoms with van der Waals surface area (Å²) >= 11 is 0. The summed E-state index contributed by atoms with van der Waals surface area (Å²) in [5.41, 5.74) is 1.37. The summed E-state index contributed by atoms with van der Waals surface area (Å²) in [4.78, 5) is 32.1. The first kappa shape index (κ1) is 15.0. The zero-order chi connectivity index (χ0) is 16.6. The molecule has 0 aromatic carbocycles. The third-order valence-electron chi connectivity index (χ3n) is 3.19. The molecule has 120 valence electrons. The van der Waals surface area contributed by atoms with Gasteiger partial charge in [-0.15, -0.1) is 0 Å². The van der Waals surface area contributed by atoms with Crippen LogP contribution in [0, 0.1) is 0 Å². The van der Waals surface area contributed by atoms with Gasteiger partial charge in [-0.3, -0.25) is 9.78 Å². The van der Waals surface area contributed by atoms with Crippen LogP contribution in [0.25, 0.3) is 22.3 Å². The highest BCUT2D eigenvalue weighted by Crippen LogP contribution is 2.25. The first-order chi connectivity index (χ1) is 10.8. The van der Waals surface area contributed by atoms with Gasteiger partial charge in [0.05, 0.1) is 18.1 Å². The van der Waals surface area contributed by atoms with E-state index in [2.05, 4.69) is 20.1 Å². The number of halogens is 3. The number of nitrogens with zero attached hydrogens (tertiary/aromatic N) is 3. The van der Waals surface area contributed by atoms with E-state index in [4.69, 9.17) is 0 Å². The van der Waals surface area contributed by atoms with Gasteiger partial charge in [-0.25, -0.2) is 14.5 Å². The molecule has 23 heavy (non-hydrogen) atoms. The van der Waals surface area contributed by atoms with E-state index in [1.807, 2.05) is 0 Å². The Morgan fingerprint density at radius 3 is 2.83 bits per heavy atom. The number of H-pyrrole nitrogens is 2. The van der Waals surface area contributed by atoms with Gasteiger partial charge in [0, 0.05) is 29.9 Å². The molecule has 3 aromatic heterocycles. The largest absolute Gasteiger partial charge is 0.389 e. The van der Waals surface area contributed by atoms with Gasteiger partial charge < -0.3 is 4.98 Å². The lowest BCUT2D eigenvalue weighted by Crippen LogP contribution is -2.16. The molecule has 2 N–H and O–H groups in total. The minimum absolute atomic E-state index is 0.337. The molecule has 0 atom stereocenters. The van der Waals surface area contributed by atoms with Gasteiger partial charge in [-0.2, -0.15) is 18.3 Å². The van der Waals surface area contributed by atoms with Crippen molar-refractivity contribution in [3.8, 4) is 11.1 Å². The maximum absolute atomic E-state index is 12.2. The van der Waals surface area contributed by atoms with Crippen molar-refractivity contribution in [2.24, 2.45) is 0 Å². The third-order valence-corrected chi connectivity index (χ3v) is 3.19. The van der Waals surface area contributed by atoms with Crippen LogP contribution in [0.4, 0.5) is 13.2 Å². The molecule has 0 amide bonds. The van der Waals surface area contributed by atoms with Gasteiger partial charge in [0.1, 0.15) is 0 Å². The van der Waals surface area contributed by atoms with Crippen molar-refractivity contribution < 1.29 is 18.0 Å². The second-order valence-corrected chi connectivity index (χ2v) is 4.84. The Morgan fingerprint density at radius 2 is 2.09 bits per heavy atom. The topological polar surface area (TPSA) is 96.4 Å². The molecular formula is C13H10F3N5O2. The maximum Gasteiger partial charge on any atom is 0.389 e. The molecule has 0 aliphatic rings. The first-order valence-corrected chi connectivity index (χ1v) is 6.55. The highest BCUT2D eigenvalue weighted by molar-refractivity contribution is 5.89. The fourth-order valence-electron chi connectivity index (χ4n) is 2.14. The van der Waals surface area contributed by atoms with E-state index in [1.165, 1.54) is 18.6 Å². The van der Waals surface area contributed by atoms with Crippen molar-refractivity contribution in [3.05, 3.63) is 35.1 Å². The SMILES string of the molecule is O=C(CCC(F)(F)F)n1cc(-c2ccnc3[nH]c(=O)[nH]c23)cn1. The zero-order valence-electron chi connectivity index (χ0n) is 11.5. The molecule has 3 aromatic rings. The summed E-state index contributed by atoms with van der Waals surface area (Å²) in [5, 5.41) is 3.78. The molecule has 0 fully saturated rings. The number of nitrogens with one attached hydrogen (secondary N) is 2. The predicted molar refractivity (Wildman–Crippen MR) is 73.9 cm³/mol. The van der Waals surface area contributed by atoms with Crippen molar-refractivity contribution in [2.45, 2.75) is 19.0 Å². The fourth-order valence-corrected chi connectivity index (χ4v) is 2.14. The number of hydrogen-bond donors (Lipinski definition) is 2. The van der Waals surface area contributed by atoms with Gasteiger partial charge in [-0.05, 0) is 6.07 Å². The summed E-state index contributed by atoms with van der Waals surface area (Å²) in [6.45, 7) is 0. The number of carbonyl (C=O) groups excluding carboxylic acids is 1. The second kappa shape index (κ2) is 5.38. The van der Waals surface area contributed by atoms with Gasteiger partial charge in [0.2, 0.25) is 5.91 Å². The van der Waals surface area contributed by atoms with Crippen molar-refractivity contribution in [1.82, 2.24) is 24.7 Å². The molecule has 0 radical (unpaired) electrons. The lowest BCUT2D eigenvalue weighted by Gasteiger charge is -2.04. The van der Waals surface area contributed by atoms with E-state index >= 15 is 0 Å². The van der Waals surface area contributed by atoms with Crippen LogP contribution in [-0.4, -0.2) is 36.8 Å². The third kappa shape index (κ3) is 3.15. The van der Waals surface area contributed by atoms with Crippen LogP contribution in [0.1, 0.15) is 17.6 Å². The Kier molecular flexibility index (Phi) is 3.51. The van der Waals surface area contributed by atoms with Crippen molar-refractivity contribution >= 4 is 17.1 Å². The van der Waals surface area contributed by atoms with E-state index in [0.29, 0.717) is 22.3 Å². The lowest BCUT2D eigenvalue weighted by atomic mass is 10.1. The van der Waals surface area contributed by atoms with Crippen LogP contribution >= 0.6 is 0 Å². The molecule has 0 spiro atoms. The quantitative estimate of drug-likeness (QED) is 0.770. The van der Waals surface area contributed by atoms with E-state index < -0.39 is 30.6 Å². The highest BCUT2D eigenvalue weighted by Gasteiger charge is 2.28. The molecule has 10 heteroatoms. The number of aromatic nitrogens is 5. The molecule has 0 unspecified atom stereocenters. The average Bonchev–Trinajstić information content (AvgIpc) is 3.08. The normalized spacial score (nSPS) is 12.0. The number of aromatic amines is 2. The molecule has 0 saturated carbocycles. The van der Waals surface area contributed by atoms with E-state index in [-0.39, 0.29) is 0 Å². The second-order valence-electron chi connectivity index (χ2n) is 4.84. The van der Waals surface area contributed by atoms with E-state index in [1.54, 1.807) is 6.07 Å². The fraction of sp³-hybridized carbons (Fsp3) is 0.231. The number of rotatable bonds is 3. The Balaban J connectivity index is 1.89. The predicted octanol–water partition coefficient (Wildman–Crippen LogP) is 2.10. The Hall–Kier alpha value is -2.91. The smallest absolute Gasteiger partial charge is 0.304 e. The van der Waals surface area contributed by atoms with Crippen LogP contribution < -0.4 is 5.69 Å². The maximum atomic E-state index is 12.2. The Morgan fingerprint density at radius 1 is 1.30 bits per heavy atom. The molecule has 0 aliphatic carbocycles. The average molecular weight is 325 g/mol. The molecular weight excluding hydrogens is 315 g/mol. The first-order valence-electron chi connectivity index (χ1n) is 6.55. The number of carbonyl (C=O) groups is 1. The summed E-state index contributed by atoms with van der Waals surface area (Å²) in [6.07, 6.45) is -2.16. The molecule has 0 bridgehead atoms. The van der Waals surface area contributed by atoms with Crippen LogP contribution in [-0.2, 0) is 0 Å². The minimum atomic E-state index is -4.40. The van der Waals surface area contributed by atoms with Gasteiger partial charge >= 0.3 is 11.9 Å². The number of fused-ring (bicyclic) bond motifs is 1. The van der Waals surface area contributed by atoms with Crippen LogP contribution in [0.5, 0.6) is 0 Å². The summed E-state index contributed by atoms with van der Waals surface area (Å²) < 4.78 is 37.3. The molecule has 3 heterocycles. The summed E-state index contributed by atoms with van der Waals surface area (Å²) in [7, 11) is 0. The van der Waals surface area contributed by atoms with Gasteiger partial charge in [0.15, 0.2) is 5.65 Å². The van der Waals surface area contributed by atoms with Crippen LogP contribution in [0.3, 0.4) is 0 Å². The summed E-state index contributed by atoms with van der Waals surface area (Å²) in [6, 6.07) is 1.60. The molecule has 3 rings (SSSR count). The lowest BCUT2D eigenvalue weighted by molar-refractivity contribution is -0.133. The molecule has 7 nitrogen and oxygen atoms in total. The number of imidazole rings is 1. The molecule has 0 aliphatic heterocycles. The monoisotopic (exact) mass is 325 g/mol. The number of alkyl halides is 3. The molecule has 0 saturated heterocycles. The van der Waals surface area contributed by atoms with E-state index in [9.17, 15) is 22.8 Å². The van der Waals surface area contributed by atoms with Crippen molar-refractivity contribution in [3.63, 3.8) is 0 Å². The van der Waals surface area contributed by atoms with Gasteiger partial charge in [0.25, 0.3) is 0 Å². The van der Waals surface area contributed by atoms with E-state index in [0.717, 1.165) is 4.68 Å². The Labute approximate surface area is 126 Å². The standard InChI is InChI=1S/C13H10F3N5O2/c14-13(15,16)3-1-9(22)21-6-7(5-18-21)8-2-4-17-11-10(8)19-12(23)20-11/h2,4-6H,1,3H2,(H2,17,19,20,23). The Bertz CT molecular complexity index is 921. The number of hydrogen-bond acceptors (Lipinski definition) is 4. The van der Waals surface area contributed by atoms with Gasteiger partial charge in [-0.1, -0.05) is 0 Å².